The number of nitriles is 1. The van der Waals surface area contributed by atoms with Crippen LogP contribution in [0, 0.1) is 17.1 Å². The number of phenolic OH excluding ortho intramolecular Hbond substituents is 1. The van der Waals surface area contributed by atoms with Gasteiger partial charge in [-0.3, -0.25) is 0 Å². The standard InChI is InChI=1S/C14H10FNO2/c1-18-13-4-2-3-11(14(13)15)9-5-6-10(8-16)12(17)7-9/h2-7,17H,1H3. The molecule has 18 heavy (non-hydrogen) atoms. The summed E-state index contributed by atoms with van der Waals surface area (Å²) in [6.45, 7) is 0. The number of aromatic hydroxyl groups is 1. The second-order valence-electron chi connectivity index (χ2n) is 3.67. The molecule has 1 N–H and O–H groups in total. The Morgan fingerprint density at radius 2 is 2.06 bits per heavy atom. The molecular formula is C14H10FNO2. The number of rotatable bonds is 2. The van der Waals surface area contributed by atoms with Gasteiger partial charge in [0.1, 0.15) is 11.8 Å². The lowest BCUT2D eigenvalue weighted by Crippen LogP contribution is -1.91. The molecule has 0 spiro atoms. The van der Waals surface area contributed by atoms with Crippen LogP contribution in [-0.2, 0) is 0 Å². The number of hydrogen-bond donors (Lipinski definition) is 1. The first kappa shape index (κ1) is 11.9. The third-order valence-electron chi connectivity index (χ3n) is 2.61. The molecule has 2 aromatic rings. The van der Waals surface area contributed by atoms with Crippen molar-refractivity contribution in [2.75, 3.05) is 7.11 Å². The minimum absolute atomic E-state index is 0.136. The first-order valence-corrected chi connectivity index (χ1v) is 5.23. The summed E-state index contributed by atoms with van der Waals surface area (Å²) in [4.78, 5) is 0. The molecule has 0 heterocycles. The fourth-order valence-electron chi connectivity index (χ4n) is 1.69. The summed E-state index contributed by atoms with van der Waals surface area (Å²) >= 11 is 0. The summed E-state index contributed by atoms with van der Waals surface area (Å²) in [5.41, 5.74) is 0.957. The highest BCUT2D eigenvalue weighted by atomic mass is 19.1. The summed E-state index contributed by atoms with van der Waals surface area (Å²) in [7, 11) is 1.39. The smallest absolute Gasteiger partial charge is 0.172 e. The van der Waals surface area contributed by atoms with E-state index in [0.717, 1.165) is 0 Å². The normalized spacial score (nSPS) is 9.83. The van der Waals surface area contributed by atoms with E-state index in [1.807, 2.05) is 6.07 Å². The van der Waals surface area contributed by atoms with Crippen LogP contribution < -0.4 is 4.74 Å². The predicted octanol–water partition coefficient (Wildman–Crippen LogP) is 3.08. The maximum Gasteiger partial charge on any atom is 0.172 e. The van der Waals surface area contributed by atoms with Crippen LogP contribution in [0.2, 0.25) is 0 Å². The molecule has 0 radical (unpaired) electrons. The molecule has 0 fully saturated rings. The number of hydrogen-bond acceptors (Lipinski definition) is 3. The van der Waals surface area contributed by atoms with Gasteiger partial charge in [-0.25, -0.2) is 4.39 Å². The van der Waals surface area contributed by atoms with Crippen LogP contribution in [0.5, 0.6) is 11.5 Å². The van der Waals surface area contributed by atoms with Crippen molar-refractivity contribution in [3.05, 3.63) is 47.8 Å². The topological polar surface area (TPSA) is 53.2 Å². The van der Waals surface area contributed by atoms with Crippen molar-refractivity contribution in [3.63, 3.8) is 0 Å². The zero-order chi connectivity index (χ0) is 13.1. The van der Waals surface area contributed by atoms with Gasteiger partial charge in [0, 0.05) is 5.56 Å². The van der Waals surface area contributed by atoms with E-state index in [0.29, 0.717) is 11.1 Å². The van der Waals surface area contributed by atoms with Crippen molar-refractivity contribution in [2.24, 2.45) is 0 Å². The largest absolute Gasteiger partial charge is 0.507 e. The first-order chi connectivity index (χ1) is 8.67. The molecule has 0 aliphatic heterocycles. The maximum atomic E-state index is 14.0. The molecule has 0 saturated carbocycles. The monoisotopic (exact) mass is 243 g/mol. The molecule has 0 atom stereocenters. The van der Waals surface area contributed by atoms with E-state index >= 15 is 0 Å². The Morgan fingerprint density at radius 3 is 2.67 bits per heavy atom. The van der Waals surface area contributed by atoms with Crippen LogP contribution in [0.1, 0.15) is 5.56 Å². The number of nitrogens with zero attached hydrogens (tertiary/aromatic N) is 1. The zero-order valence-corrected chi connectivity index (χ0v) is 9.64. The second kappa shape index (κ2) is 4.76. The molecule has 0 aliphatic carbocycles. The van der Waals surface area contributed by atoms with Crippen molar-refractivity contribution >= 4 is 0 Å². The summed E-state index contributed by atoms with van der Waals surface area (Å²) in [6, 6.07) is 11.0. The molecule has 90 valence electrons. The van der Waals surface area contributed by atoms with Crippen LogP contribution in [0.15, 0.2) is 36.4 Å². The van der Waals surface area contributed by atoms with Gasteiger partial charge in [0.05, 0.1) is 12.7 Å². The van der Waals surface area contributed by atoms with Crippen molar-refractivity contribution in [2.45, 2.75) is 0 Å². The Labute approximate surface area is 104 Å². The van der Waals surface area contributed by atoms with Gasteiger partial charge in [-0.05, 0) is 23.8 Å². The maximum absolute atomic E-state index is 14.0. The van der Waals surface area contributed by atoms with Gasteiger partial charge in [0.25, 0.3) is 0 Å². The van der Waals surface area contributed by atoms with E-state index in [2.05, 4.69) is 0 Å². The Hall–Kier alpha value is -2.54. The Kier molecular flexibility index (Phi) is 3.16. The van der Waals surface area contributed by atoms with Gasteiger partial charge in [0.2, 0.25) is 0 Å². The van der Waals surface area contributed by atoms with Gasteiger partial charge in [-0.1, -0.05) is 18.2 Å². The molecule has 0 unspecified atom stereocenters. The van der Waals surface area contributed by atoms with Crippen LogP contribution >= 0.6 is 0 Å². The molecule has 2 rings (SSSR count). The lowest BCUT2D eigenvalue weighted by Gasteiger charge is -2.08. The predicted molar refractivity (Wildman–Crippen MR) is 64.8 cm³/mol. The third-order valence-corrected chi connectivity index (χ3v) is 2.61. The van der Waals surface area contributed by atoms with Gasteiger partial charge in [-0.2, -0.15) is 5.26 Å². The molecule has 0 bridgehead atoms. The Morgan fingerprint density at radius 1 is 1.28 bits per heavy atom. The fourth-order valence-corrected chi connectivity index (χ4v) is 1.69. The third kappa shape index (κ3) is 1.98. The molecule has 0 saturated heterocycles. The van der Waals surface area contributed by atoms with Crippen molar-refractivity contribution in [1.82, 2.24) is 0 Å². The summed E-state index contributed by atoms with van der Waals surface area (Å²) in [5, 5.41) is 18.3. The van der Waals surface area contributed by atoms with Gasteiger partial charge in [0.15, 0.2) is 11.6 Å². The average Bonchev–Trinajstić information content (AvgIpc) is 2.39. The van der Waals surface area contributed by atoms with Gasteiger partial charge < -0.3 is 9.84 Å². The summed E-state index contributed by atoms with van der Waals surface area (Å²) < 4.78 is 18.9. The SMILES string of the molecule is COc1cccc(-c2ccc(C#N)c(O)c2)c1F. The van der Waals surface area contributed by atoms with Crippen molar-refractivity contribution < 1.29 is 14.2 Å². The number of phenols is 1. The summed E-state index contributed by atoms with van der Waals surface area (Å²) in [5.74, 6) is -0.530. The highest BCUT2D eigenvalue weighted by Gasteiger charge is 2.11. The molecule has 3 nitrogen and oxygen atoms in total. The van der Waals surface area contributed by atoms with E-state index in [4.69, 9.17) is 10.00 Å². The Bertz CT molecular complexity index is 632. The lowest BCUT2D eigenvalue weighted by molar-refractivity contribution is 0.387. The number of methoxy groups -OCH3 is 1. The molecule has 2 aromatic carbocycles. The van der Waals surface area contributed by atoms with Gasteiger partial charge >= 0.3 is 0 Å². The Balaban J connectivity index is 2.56. The fraction of sp³-hybridized carbons (Fsp3) is 0.0714. The average molecular weight is 243 g/mol. The van der Waals surface area contributed by atoms with E-state index < -0.39 is 5.82 Å². The molecule has 4 heteroatoms. The minimum atomic E-state index is -0.496. The van der Waals surface area contributed by atoms with E-state index in [1.54, 1.807) is 18.2 Å². The quantitative estimate of drug-likeness (QED) is 0.881. The van der Waals surface area contributed by atoms with E-state index in [9.17, 15) is 9.50 Å². The molecule has 0 aliphatic rings. The van der Waals surface area contributed by atoms with Crippen LogP contribution in [0.25, 0.3) is 11.1 Å². The van der Waals surface area contributed by atoms with Gasteiger partial charge in [-0.15, -0.1) is 0 Å². The first-order valence-electron chi connectivity index (χ1n) is 5.23. The second-order valence-corrected chi connectivity index (χ2v) is 3.67. The minimum Gasteiger partial charge on any atom is -0.507 e. The van der Waals surface area contributed by atoms with Crippen molar-refractivity contribution in [3.8, 4) is 28.7 Å². The van der Waals surface area contributed by atoms with Crippen LogP contribution in [0.4, 0.5) is 4.39 Å². The summed E-state index contributed by atoms with van der Waals surface area (Å²) in [6.07, 6.45) is 0. The van der Waals surface area contributed by atoms with E-state index in [-0.39, 0.29) is 17.1 Å². The van der Waals surface area contributed by atoms with Crippen molar-refractivity contribution in [1.29, 1.82) is 5.26 Å². The van der Waals surface area contributed by atoms with Crippen LogP contribution in [0.3, 0.4) is 0 Å². The molecular weight excluding hydrogens is 233 g/mol. The van der Waals surface area contributed by atoms with Crippen LogP contribution in [-0.4, -0.2) is 12.2 Å². The lowest BCUT2D eigenvalue weighted by atomic mass is 10.0. The molecule has 0 amide bonds. The number of ether oxygens (including phenoxy) is 1. The number of halogens is 1. The van der Waals surface area contributed by atoms with E-state index in [1.165, 1.54) is 25.3 Å². The zero-order valence-electron chi connectivity index (χ0n) is 9.64. The highest BCUT2D eigenvalue weighted by Crippen LogP contribution is 2.31. The number of benzene rings is 2. The molecule has 0 aromatic heterocycles. The highest BCUT2D eigenvalue weighted by molar-refractivity contribution is 5.69.